The number of rotatable bonds is 5. The van der Waals surface area contributed by atoms with Gasteiger partial charge in [0.15, 0.2) is 5.13 Å². The van der Waals surface area contributed by atoms with Crippen molar-refractivity contribution in [2.75, 3.05) is 42.1 Å². The Morgan fingerprint density at radius 3 is 2.59 bits per heavy atom. The van der Waals surface area contributed by atoms with Gasteiger partial charge in [0.05, 0.1) is 4.88 Å². The van der Waals surface area contributed by atoms with Crippen LogP contribution in [0.25, 0.3) is 0 Å². The van der Waals surface area contributed by atoms with E-state index in [1.54, 1.807) is 0 Å². The highest BCUT2D eigenvalue weighted by atomic mass is 32.1. The Morgan fingerprint density at radius 2 is 1.93 bits per heavy atom. The Labute approximate surface area is 166 Å². The first-order valence-corrected chi connectivity index (χ1v) is 10.5. The zero-order chi connectivity index (χ0) is 18.8. The van der Waals surface area contributed by atoms with E-state index in [0.717, 1.165) is 42.3 Å². The van der Waals surface area contributed by atoms with Crippen LogP contribution in [-0.4, -0.2) is 36.9 Å². The zero-order valence-corrected chi connectivity index (χ0v) is 16.6. The van der Waals surface area contributed by atoms with E-state index >= 15 is 0 Å². The second kappa shape index (κ2) is 7.67. The largest absolute Gasteiger partial charge is 0.382 e. The monoisotopic (exact) mass is 399 g/mol. The van der Waals surface area contributed by atoms with Crippen LogP contribution >= 0.6 is 22.7 Å². The average molecular weight is 400 g/mol. The molecule has 2 aromatic heterocycles. The standard InChI is InChI=1S/C19H21N5OS2/c1-12-6-11-26-16(12)15(25)17-18(20)23-19(27-17)22-13-2-4-14(5-3-13)24-9-7-21-8-10-24/h2-6,11,21H,7-10,20H2,1H3,(H,22,23). The average Bonchev–Trinajstić information content (AvgIpc) is 3.28. The zero-order valence-electron chi connectivity index (χ0n) is 15.0. The maximum absolute atomic E-state index is 12.7. The molecule has 140 valence electrons. The Hall–Kier alpha value is -2.42. The topological polar surface area (TPSA) is 83.3 Å². The molecule has 3 heterocycles. The molecule has 0 spiro atoms. The van der Waals surface area contributed by atoms with Crippen molar-refractivity contribution >= 4 is 50.8 Å². The summed E-state index contributed by atoms with van der Waals surface area (Å²) in [7, 11) is 0. The predicted octanol–water partition coefficient (Wildman–Crippen LogP) is 3.48. The van der Waals surface area contributed by atoms with Crippen LogP contribution in [0.4, 0.5) is 22.3 Å². The SMILES string of the molecule is Cc1ccsc1C(=O)c1sc(Nc2ccc(N3CCNCC3)cc2)nc1N. The van der Waals surface area contributed by atoms with E-state index in [0.29, 0.717) is 10.0 Å². The molecule has 0 atom stereocenters. The molecule has 4 rings (SSSR count). The van der Waals surface area contributed by atoms with Crippen LogP contribution in [0.1, 0.15) is 20.1 Å². The number of aryl methyl sites for hydroxylation is 1. The number of anilines is 4. The van der Waals surface area contributed by atoms with Crippen molar-refractivity contribution in [1.82, 2.24) is 10.3 Å². The van der Waals surface area contributed by atoms with Gasteiger partial charge in [0, 0.05) is 37.6 Å². The van der Waals surface area contributed by atoms with Gasteiger partial charge in [-0.2, -0.15) is 0 Å². The van der Waals surface area contributed by atoms with Crippen molar-refractivity contribution < 1.29 is 4.79 Å². The molecule has 1 saturated heterocycles. The van der Waals surface area contributed by atoms with E-state index in [1.165, 1.54) is 28.4 Å². The van der Waals surface area contributed by atoms with Gasteiger partial charge in [-0.1, -0.05) is 11.3 Å². The molecule has 0 bridgehead atoms. The summed E-state index contributed by atoms with van der Waals surface area (Å²) in [5.74, 6) is 0.220. The number of thiophene rings is 1. The van der Waals surface area contributed by atoms with Gasteiger partial charge in [0.25, 0.3) is 0 Å². The highest BCUT2D eigenvalue weighted by Gasteiger charge is 2.20. The number of nitrogens with zero attached hydrogens (tertiary/aromatic N) is 2. The second-order valence-electron chi connectivity index (χ2n) is 6.40. The lowest BCUT2D eigenvalue weighted by molar-refractivity contribution is 0.104. The number of carbonyl (C=O) groups excluding carboxylic acids is 1. The number of hydrogen-bond donors (Lipinski definition) is 3. The highest BCUT2D eigenvalue weighted by molar-refractivity contribution is 7.19. The third kappa shape index (κ3) is 3.83. The predicted molar refractivity (Wildman–Crippen MR) is 114 cm³/mol. The molecule has 8 heteroatoms. The third-order valence-corrected chi connectivity index (χ3v) is 6.53. The molecule has 0 radical (unpaired) electrons. The molecule has 0 aliphatic carbocycles. The van der Waals surface area contributed by atoms with Gasteiger partial charge in [-0.25, -0.2) is 4.98 Å². The molecule has 4 N–H and O–H groups in total. The second-order valence-corrected chi connectivity index (χ2v) is 8.32. The molecular formula is C19H21N5OS2. The fourth-order valence-electron chi connectivity index (χ4n) is 3.06. The van der Waals surface area contributed by atoms with Crippen molar-refractivity contribution in [3.8, 4) is 0 Å². The van der Waals surface area contributed by atoms with Crippen LogP contribution in [-0.2, 0) is 0 Å². The number of nitrogen functional groups attached to an aromatic ring is 1. The first-order valence-electron chi connectivity index (χ1n) is 8.79. The van der Waals surface area contributed by atoms with Gasteiger partial charge in [-0.3, -0.25) is 4.79 Å². The van der Waals surface area contributed by atoms with E-state index in [1.807, 2.05) is 30.5 Å². The van der Waals surface area contributed by atoms with Crippen LogP contribution in [0.3, 0.4) is 0 Å². The van der Waals surface area contributed by atoms with Gasteiger partial charge in [0.2, 0.25) is 5.78 Å². The quantitative estimate of drug-likeness (QED) is 0.570. The molecule has 0 amide bonds. The van der Waals surface area contributed by atoms with Crippen LogP contribution in [0.5, 0.6) is 0 Å². The van der Waals surface area contributed by atoms with Crippen molar-refractivity contribution in [3.05, 3.63) is 51.0 Å². The van der Waals surface area contributed by atoms with Crippen LogP contribution in [0, 0.1) is 6.92 Å². The molecule has 1 fully saturated rings. The molecule has 6 nitrogen and oxygen atoms in total. The van der Waals surface area contributed by atoms with Gasteiger partial charge in [-0.05, 0) is 48.2 Å². The minimum absolute atomic E-state index is 0.0559. The molecular weight excluding hydrogens is 378 g/mol. The lowest BCUT2D eigenvalue weighted by atomic mass is 10.2. The minimum atomic E-state index is -0.0559. The Balaban J connectivity index is 1.48. The molecule has 1 aromatic carbocycles. The number of thiazole rings is 1. The molecule has 0 saturated carbocycles. The summed E-state index contributed by atoms with van der Waals surface area (Å²) in [4.78, 5) is 20.6. The summed E-state index contributed by atoms with van der Waals surface area (Å²) >= 11 is 2.73. The fourth-order valence-corrected chi connectivity index (χ4v) is 4.85. The lowest BCUT2D eigenvalue weighted by Gasteiger charge is -2.29. The number of piperazine rings is 1. The van der Waals surface area contributed by atoms with E-state index in [-0.39, 0.29) is 11.6 Å². The van der Waals surface area contributed by atoms with Gasteiger partial charge < -0.3 is 21.3 Å². The third-order valence-electron chi connectivity index (χ3n) is 4.53. The first-order chi connectivity index (χ1) is 13.1. The number of ketones is 1. The smallest absolute Gasteiger partial charge is 0.217 e. The van der Waals surface area contributed by atoms with Crippen LogP contribution in [0.2, 0.25) is 0 Å². The normalized spacial score (nSPS) is 14.3. The Bertz CT molecular complexity index is 941. The summed E-state index contributed by atoms with van der Waals surface area (Å²) in [6.45, 7) is 5.99. The van der Waals surface area contributed by atoms with Crippen molar-refractivity contribution in [1.29, 1.82) is 0 Å². The number of aromatic nitrogens is 1. The van der Waals surface area contributed by atoms with Crippen LogP contribution in [0.15, 0.2) is 35.7 Å². The van der Waals surface area contributed by atoms with E-state index in [4.69, 9.17) is 5.73 Å². The summed E-state index contributed by atoms with van der Waals surface area (Å²) in [5, 5.41) is 9.16. The van der Waals surface area contributed by atoms with Crippen molar-refractivity contribution in [2.24, 2.45) is 0 Å². The Kier molecular flexibility index (Phi) is 5.11. The van der Waals surface area contributed by atoms with Gasteiger partial charge in [-0.15, -0.1) is 11.3 Å². The molecule has 0 unspecified atom stereocenters. The molecule has 1 aliphatic heterocycles. The number of nitrogens with one attached hydrogen (secondary N) is 2. The van der Waals surface area contributed by atoms with Crippen LogP contribution < -0.4 is 21.3 Å². The number of nitrogens with two attached hydrogens (primary N) is 1. The first kappa shape index (κ1) is 18.0. The number of hydrogen-bond acceptors (Lipinski definition) is 8. The summed E-state index contributed by atoms with van der Waals surface area (Å²) in [6.07, 6.45) is 0. The van der Waals surface area contributed by atoms with Crippen molar-refractivity contribution in [3.63, 3.8) is 0 Å². The molecule has 3 aromatic rings. The maximum Gasteiger partial charge on any atom is 0.217 e. The molecule has 27 heavy (non-hydrogen) atoms. The van der Waals surface area contributed by atoms with Gasteiger partial charge in [0.1, 0.15) is 10.7 Å². The number of benzene rings is 1. The highest BCUT2D eigenvalue weighted by Crippen LogP contribution is 2.32. The number of carbonyl (C=O) groups is 1. The summed E-state index contributed by atoms with van der Waals surface area (Å²) < 4.78 is 0. The van der Waals surface area contributed by atoms with E-state index < -0.39 is 0 Å². The minimum Gasteiger partial charge on any atom is -0.382 e. The van der Waals surface area contributed by atoms with E-state index in [9.17, 15) is 4.79 Å². The summed E-state index contributed by atoms with van der Waals surface area (Å²) in [5.41, 5.74) is 9.11. The maximum atomic E-state index is 12.7. The lowest BCUT2D eigenvalue weighted by Crippen LogP contribution is -2.43. The Morgan fingerprint density at radius 1 is 1.19 bits per heavy atom. The van der Waals surface area contributed by atoms with E-state index in [2.05, 4.69) is 32.7 Å². The summed E-state index contributed by atoms with van der Waals surface area (Å²) in [6, 6.07) is 10.2. The fraction of sp³-hybridized carbons (Fsp3) is 0.263. The molecule has 1 aliphatic rings. The van der Waals surface area contributed by atoms with Crippen molar-refractivity contribution in [2.45, 2.75) is 6.92 Å². The van der Waals surface area contributed by atoms with Gasteiger partial charge >= 0.3 is 0 Å².